The number of benzene rings is 2. The average molecular weight is 572 g/mol. The first-order chi connectivity index (χ1) is 14.2. The highest BCUT2D eigenvalue weighted by Gasteiger charge is 2.13. The number of guanidine groups is 1. The number of rotatable bonds is 9. The van der Waals surface area contributed by atoms with Crippen LogP contribution < -0.4 is 20.1 Å². The molecule has 0 atom stereocenters. The number of sulfonamides is 1. The molecule has 0 amide bonds. The topological polar surface area (TPSA) is 91.8 Å². The van der Waals surface area contributed by atoms with Crippen molar-refractivity contribution in [1.29, 1.82) is 0 Å². The number of hydrogen-bond donors (Lipinski definition) is 3. The lowest BCUT2D eigenvalue weighted by Gasteiger charge is -2.15. The molecule has 0 aliphatic carbocycles. The summed E-state index contributed by atoms with van der Waals surface area (Å²) in [6.45, 7) is -1.22. The number of nitrogens with one attached hydrogen (secondary N) is 3. The van der Waals surface area contributed by atoms with Crippen LogP contribution in [0, 0.1) is 12.7 Å². The number of para-hydroxylation sites is 1. The van der Waals surface area contributed by atoms with Crippen molar-refractivity contribution < 1.29 is 26.3 Å². The first kappa shape index (κ1) is 26.8. The van der Waals surface area contributed by atoms with Gasteiger partial charge in [0, 0.05) is 25.7 Å². The molecule has 2 rings (SSSR count). The van der Waals surface area contributed by atoms with Crippen LogP contribution >= 0.6 is 24.0 Å². The first-order valence-electron chi connectivity index (χ1n) is 8.94. The summed E-state index contributed by atoms with van der Waals surface area (Å²) in [5, 5.41) is 5.72. The van der Waals surface area contributed by atoms with Crippen LogP contribution in [-0.2, 0) is 16.6 Å². The summed E-state index contributed by atoms with van der Waals surface area (Å²) >= 11 is 0. The Labute approximate surface area is 196 Å². The average Bonchev–Trinajstić information content (AvgIpc) is 2.67. The van der Waals surface area contributed by atoms with Crippen molar-refractivity contribution in [1.82, 2.24) is 10.6 Å². The van der Waals surface area contributed by atoms with Crippen molar-refractivity contribution in [3.05, 3.63) is 59.4 Å². The molecule has 2 aromatic carbocycles. The van der Waals surface area contributed by atoms with Gasteiger partial charge in [-0.05, 0) is 30.7 Å². The largest absolute Gasteiger partial charge is 0.434 e. The number of anilines is 1. The van der Waals surface area contributed by atoms with Gasteiger partial charge in [0.15, 0.2) is 5.96 Å². The van der Waals surface area contributed by atoms with E-state index in [9.17, 15) is 21.6 Å². The highest BCUT2D eigenvalue weighted by Crippen LogP contribution is 2.20. The molecule has 7 nitrogen and oxygen atoms in total. The fraction of sp³-hybridized carbons (Fsp3) is 0.316. The van der Waals surface area contributed by atoms with Crippen LogP contribution in [0.4, 0.5) is 18.9 Å². The zero-order valence-corrected chi connectivity index (χ0v) is 20.0. The molecule has 0 aliphatic rings. The van der Waals surface area contributed by atoms with Crippen LogP contribution in [0.1, 0.15) is 11.1 Å². The number of aryl methyl sites for hydroxylation is 1. The predicted molar refractivity (Wildman–Crippen MR) is 125 cm³/mol. The molecule has 0 fully saturated rings. The fourth-order valence-corrected chi connectivity index (χ4v) is 3.41. The van der Waals surface area contributed by atoms with Gasteiger partial charge in [0.2, 0.25) is 10.0 Å². The monoisotopic (exact) mass is 572 g/mol. The molecule has 12 heteroatoms. The van der Waals surface area contributed by atoms with E-state index < -0.39 is 22.5 Å². The van der Waals surface area contributed by atoms with Crippen LogP contribution in [-0.4, -0.2) is 40.3 Å². The second-order valence-corrected chi connectivity index (χ2v) is 8.07. The molecule has 2 aromatic rings. The molecular weight excluding hydrogens is 548 g/mol. The second-order valence-electron chi connectivity index (χ2n) is 6.22. The molecule has 3 N–H and O–H groups in total. The number of ether oxygens (including phenoxy) is 1. The SMILES string of the molecule is CN=C(NCCS(=O)(=O)Nc1ccc(C)c(F)c1)NCc1ccccc1OC(F)F.I. The zero-order valence-electron chi connectivity index (χ0n) is 16.9. The van der Waals surface area contributed by atoms with Crippen LogP contribution in [0.15, 0.2) is 47.5 Å². The van der Waals surface area contributed by atoms with Gasteiger partial charge in [-0.15, -0.1) is 24.0 Å². The number of nitrogens with zero attached hydrogens (tertiary/aromatic N) is 1. The molecule has 0 aliphatic heterocycles. The van der Waals surface area contributed by atoms with E-state index in [0.717, 1.165) is 6.07 Å². The molecule has 0 aromatic heterocycles. The quantitative estimate of drug-likeness (QED) is 0.243. The van der Waals surface area contributed by atoms with Crippen molar-refractivity contribution in [2.24, 2.45) is 4.99 Å². The Morgan fingerprint density at radius 1 is 1.16 bits per heavy atom. The van der Waals surface area contributed by atoms with E-state index in [1.807, 2.05) is 0 Å². The maximum atomic E-state index is 13.6. The number of alkyl halides is 2. The third-order valence-corrected chi connectivity index (χ3v) is 5.26. The molecule has 172 valence electrons. The summed E-state index contributed by atoms with van der Waals surface area (Å²) < 4.78 is 69.6. The minimum Gasteiger partial charge on any atom is -0.434 e. The van der Waals surface area contributed by atoms with Gasteiger partial charge < -0.3 is 15.4 Å². The smallest absolute Gasteiger partial charge is 0.387 e. The minimum absolute atomic E-state index is 0. The maximum absolute atomic E-state index is 13.6. The van der Waals surface area contributed by atoms with Gasteiger partial charge in [-0.2, -0.15) is 8.78 Å². The molecule has 31 heavy (non-hydrogen) atoms. The predicted octanol–water partition coefficient (Wildman–Crippen LogP) is 3.46. The molecule has 0 unspecified atom stereocenters. The van der Waals surface area contributed by atoms with Gasteiger partial charge in [0.25, 0.3) is 0 Å². The van der Waals surface area contributed by atoms with E-state index in [1.54, 1.807) is 25.1 Å². The maximum Gasteiger partial charge on any atom is 0.387 e. The van der Waals surface area contributed by atoms with Gasteiger partial charge in [-0.3, -0.25) is 9.71 Å². The highest BCUT2D eigenvalue weighted by atomic mass is 127. The molecule has 0 radical (unpaired) electrons. The fourth-order valence-electron chi connectivity index (χ4n) is 2.45. The van der Waals surface area contributed by atoms with E-state index in [1.165, 1.54) is 25.2 Å². The normalized spacial score (nSPS) is 11.6. The summed E-state index contributed by atoms with van der Waals surface area (Å²) in [6.07, 6.45) is 0. The van der Waals surface area contributed by atoms with Crippen LogP contribution in [0.3, 0.4) is 0 Å². The van der Waals surface area contributed by atoms with E-state index in [4.69, 9.17) is 0 Å². The number of halogens is 4. The molecular formula is C19H24F3IN4O3S. The van der Waals surface area contributed by atoms with Crippen molar-refractivity contribution in [3.8, 4) is 5.75 Å². The van der Waals surface area contributed by atoms with Crippen molar-refractivity contribution >= 4 is 45.6 Å². The summed E-state index contributed by atoms with van der Waals surface area (Å²) in [5.74, 6) is -0.492. The molecule has 0 saturated carbocycles. The lowest BCUT2D eigenvalue weighted by atomic mass is 10.2. The van der Waals surface area contributed by atoms with E-state index in [0.29, 0.717) is 11.1 Å². The minimum atomic E-state index is -3.72. The third-order valence-electron chi connectivity index (χ3n) is 3.97. The first-order valence-corrected chi connectivity index (χ1v) is 10.6. The Hall–Kier alpha value is -2.22. The lowest BCUT2D eigenvalue weighted by Crippen LogP contribution is -2.39. The van der Waals surface area contributed by atoms with Gasteiger partial charge >= 0.3 is 6.61 Å². The van der Waals surface area contributed by atoms with Gasteiger partial charge in [-0.1, -0.05) is 24.3 Å². The van der Waals surface area contributed by atoms with Gasteiger partial charge in [0.1, 0.15) is 11.6 Å². The highest BCUT2D eigenvalue weighted by molar-refractivity contribution is 14.0. The number of hydrogen-bond acceptors (Lipinski definition) is 4. The Balaban J connectivity index is 0.00000480. The molecule has 0 saturated heterocycles. The Kier molecular flexibility index (Phi) is 10.9. The zero-order chi connectivity index (χ0) is 22.1. The van der Waals surface area contributed by atoms with Crippen LogP contribution in [0.2, 0.25) is 0 Å². The standard InChI is InChI=1S/C19H23F3N4O3S.HI/c1-13-7-8-15(11-16(13)20)26-30(27,28)10-9-24-19(23-2)25-12-14-5-3-4-6-17(14)29-18(21)22;/h3-8,11,18,26H,9-10,12H2,1-2H3,(H2,23,24,25);1H. The van der Waals surface area contributed by atoms with Crippen molar-refractivity contribution in [2.45, 2.75) is 20.1 Å². The Morgan fingerprint density at radius 2 is 1.87 bits per heavy atom. The molecule has 0 spiro atoms. The second kappa shape index (κ2) is 12.6. The van der Waals surface area contributed by atoms with E-state index in [-0.39, 0.29) is 60.2 Å². The summed E-state index contributed by atoms with van der Waals surface area (Å²) in [5.41, 5.74) is 1.03. The number of aliphatic imine (C=N–C) groups is 1. The Morgan fingerprint density at radius 3 is 2.52 bits per heavy atom. The van der Waals surface area contributed by atoms with E-state index >= 15 is 0 Å². The van der Waals surface area contributed by atoms with Crippen LogP contribution in [0.5, 0.6) is 5.75 Å². The van der Waals surface area contributed by atoms with Crippen LogP contribution in [0.25, 0.3) is 0 Å². The molecule has 0 bridgehead atoms. The third kappa shape index (κ3) is 9.21. The lowest BCUT2D eigenvalue weighted by molar-refractivity contribution is -0.0504. The van der Waals surface area contributed by atoms with Crippen molar-refractivity contribution in [2.75, 3.05) is 24.1 Å². The summed E-state index contributed by atoms with van der Waals surface area (Å²) in [4.78, 5) is 3.96. The van der Waals surface area contributed by atoms with Gasteiger partial charge in [-0.25, -0.2) is 12.8 Å². The summed E-state index contributed by atoms with van der Waals surface area (Å²) in [6, 6.07) is 10.4. The van der Waals surface area contributed by atoms with E-state index in [2.05, 4.69) is 25.1 Å². The Bertz CT molecular complexity index is 991. The van der Waals surface area contributed by atoms with Crippen molar-refractivity contribution in [3.63, 3.8) is 0 Å². The summed E-state index contributed by atoms with van der Waals surface area (Å²) in [7, 11) is -2.24. The molecule has 0 heterocycles. The van der Waals surface area contributed by atoms with Gasteiger partial charge in [0.05, 0.1) is 11.4 Å².